The lowest BCUT2D eigenvalue weighted by atomic mass is 10.1. The molecule has 9 heteroatoms. The van der Waals surface area contributed by atoms with Gasteiger partial charge in [0.25, 0.3) is 0 Å². The van der Waals surface area contributed by atoms with Crippen molar-refractivity contribution in [2.24, 2.45) is 5.92 Å². The number of carbonyl (C=O) groups excluding carboxylic acids is 1. The van der Waals surface area contributed by atoms with E-state index in [1.165, 1.54) is 12.1 Å². The number of anilines is 1. The third-order valence-corrected chi connectivity index (χ3v) is 6.72. The second-order valence-corrected chi connectivity index (χ2v) is 9.71. The number of hydrogen-bond donors (Lipinski definition) is 2. The van der Waals surface area contributed by atoms with Crippen LogP contribution in [0.25, 0.3) is 0 Å². The molecule has 27 heavy (non-hydrogen) atoms. The number of nitrogens with one attached hydrogen (secondary N) is 2. The summed E-state index contributed by atoms with van der Waals surface area (Å²) >= 11 is 1.58. The molecule has 1 aliphatic rings. The van der Waals surface area contributed by atoms with Gasteiger partial charge in [-0.15, -0.1) is 0 Å². The van der Waals surface area contributed by atoms with E-state index in [2.05, 4.69) is 14.9 Å². The maximum absolute atomic E-state index is 13.1. The van der Waals surface area contributed by atoms with Crippen molar-refractivity contribution in [2.75, 3.05) is 42.3 Å². The molecule has 0 saturated carbocycles. The van der Waals surface area contributed by atoms with Gasteiger partial charge in [0.05, 0.1) is 5.75 Å². The fraction of sp³-hybridized carbons (Fsp3) is 0.611. The van der Waals surface area contributed by atoms with E-state index in [0.717, 1.165) is 25.2 Å². The van der Waals surface area contributed by atoms with Crippen molar-refractivity contribution >= 4 is 33.4 Å². The summed E-state index contributed by atoms with van der Waals surface area (Å²) < 4.78 is 39.2. The van der Waals surface area contributed by atoms with Gasteiger partial charge in [-0.1, -0.05) is 0 Å². The van der Waals surface area contributed by atoms with Crippen molar-refractivity contribution in [3.05, 3.63) is 30.1 Å². The van der Waals surface area contributed by atoms with Crippen LogP contribution in [-0.4, -0.2) is 57.8 Å². The van der Waals surface area contributed by atoms with Gasteiger partial charge in [-0.25, -0.2) is 17.5 Å². The summed E-state index contributed by atoms with van der Waals surface area (Å²) in [6.45, 7) is 3.68. The fourth-order valence-corrected chi connectivity index (χ4v) is 4.33. The molecule has 0 aromatic heterocycles. The molecule has 1 aromatic carbocycles. The van der Waals surface area contributed by atoms with E-state index in [1.807, 2.05) is 6.26 Å². The van der Waals surface area contributed by atoms with Crippen LogP contribution in [0, 0.1) is 11.7 Å². The van der Waals surface area contributed by atoms with Crippen LogP contribution < -0.4 is 14.9 Å². The van der Waals surface area contributed by atoms with E-state index in [-0.39, 0.29) is 23.4 Å². The molecule has 1 saturated heterocycles. The Bertz CT molecular complexity index is 713. The quantitative estimate of drug-likeness (QED) is 0.607. The van der Waals surface area contributed by atoms with Gasteiger partial charge < -0.3 is 10.2 Å². The SMILES string of the molecule is CCS(=O)(=O)NC(CCSC)C(=O)NCC1CCN(c2ccc(F)cc2)C1. The maximum atomic E-state index is 13.1. The number of thioether (sulfide) groups is 1. The second kappa shape index (κ2) is 10.3. The molecule has 0 bridgehead atoms. The van der Waals surface area contributed by atoms with E-state index in [1.54, 1.807) is 30.8 Å². The molecule has 1 fully saturated rings. The summed E-state index contributed by atoms with van der Waals surface area (Å²) in [7, 11) is -3.44. The number of halogens is 1. The van der Waals surface area contributed by atoms with Crippen LogP contribution >= 0.6 is 11.8 Å². The van der Waals surface area contributed by atoms with Crippen LogP contribution in [-0.2, 0) is 14.8 Å². The number of sulfonamides is 1. The van der Waals surface area contributed by atoms with Crippen LogP contribution in [0.15, 0.2) is 24.3 Å². The minimum absolute atomic E-state index is 0.0503. The third-order valence-electron chi connectivity index (χ3n) is 4.67. The van der Waals surface area contributed by atoms with Gasteiger partial charge in [0.1, 0.15) is 11.9 Å². The van der Waals surface area contributed by atoms with Gasteiger partial charge >= 0.3 is 0 Å². The molecule has 2 atom stereocenters. The molecule has 1 amide bonds. The Hall–Kier alpha value is -1.32. The number of nitrogens with zero attached hydrogens (tertiary/aromatic N) is 1. The van der Waals surface area contributed by atoms with E-state index in [9.17, 15) is 17.6 Å². The maximum Gasteiger partial charge on any atom is 0.238 e. The number of hydrogen-bond acceptors (Lipinski definition) is 5. The van der Waals surface area contributed by atoms with Crippen LogP contribution in [0.5, 0.6) is 0 Å². The lowest BCUT2D eigenvalue weighted by Gasteiger charge is -2.20. The average Bonchev–Trinajstić information content (AvgIpc) is 3.12. The first-order valence-corrected chi connectivity index (χ1v) is 12.2. The van der Waals surface area contributed by atoms with Crippen molar-refractivity contribution in [1.82, 2.24) is 10.0 Å². The Balaban J connectivity index is 1.86. The number of rotatable bonds is 10. The van der Waals surface area contributed by atoms with Crippen molar-refractivity contribution in [3.63, 3.8) is 0 Å². The van der Waals surface area contributed by atoms with Gasteiger partial charge in [-0.05, 0) is 62.0 Å². The molecule has 2 N–H and O–H groups in total. The predicted molar refractivity (Wildman–Crippen MR) is 109 cm³/mol. The standard InChI is InChI=1S/C18H28FN3O3S2/c1-3-27(24,25)21-17(9-11-26-2)18(23)20-12-14-8-10-22(13-14)16-6-4-15(19)5-7-16/h4-7,14,17,21H,3,8-13H2,1-2H3,(H,20,23). The van der Waals surface area contributed by atoms with E-state index in [0.29, 0.717) is 18.7 Å². The minimum atomic E-state index is -3.44. The molecule has 0 spiro atoms. The van der Waals surface area contributed by atoms with Gasteiger partial charge in [0.2, 0.25) is 15.9 Å². The van der Waals surface area contributed by atoms with Crippen LogP contribution in [0.3, 0.4) is 0 Å². The molecule has 1 aromatic rings. The highest BCUT2D eigenvalue weighted by Gasteiger charge is 2.26. The molecule has 1 heterocycles. The lowest BCUT2D eigenvalue weighted by Crippen LogP contribution is -2.48. The Morgan fingerprint density at radius 3 is 2.70 bits per heavy atom. The minimum Gasteiger partial charge on any atom is -0.371 e. The Kier molecular flexibility index (Phi) is 8.37. The first-order valence-electron chi connectivity index (χ1n) is 9.11. The van der Waals surface area contributed by atoms with Crippen molar-refractivity contribution in [1.29, 1.82) is 0 Å². The van der Waals surface area contributed by atoms with Crippen LogP contribution in [0.4, 0.5) is 10.1 Å². The molecule has 2 rings (SSSR count). The van der Waals surface area contributed by atoms with Crippen molar-refractivity contribution in [2.45, 2.75) is 25.8 Å². The summed E-state index contributed by atoms with van der Waals surface area (Å²) in [5, 5.41) is 2.90. The van der Waals surface area contributed by atoms with Gasteiger partial charge in [-0.3, -0.25) is 4.79 Å². The molecule has 6 nitrogen and oxygen atoms in total. The topological polar surface area (TPSA) is 78.5 Å². The average molecular weight is 418 g/mol. The molecular weight excluding hydrogens is 389 g/mol. The smallest absolute Gasteiger partial charge is 0.238 e. The third kappa shape index (κ3) is 6.97. The Labute approximate surface area is 165 Å². The highest BCUT2D eigenvalue weighted by Crippen LogP contribution is 2.23. The monoisotopic (exact) mass is 417 g/mol. The molecule has 152 valence electrons. The summed E-state index contributed by atoms with van der Waals surface area (Å²) in [6, 6.07) is 5.67. The summed E-state index contributed by atoms with van der Waals surface area (Å²) in [6.07, 6.45) is 3.30. The van der Waals surface area contributed by atoms with E-state index in [4.69, 9.17) is 0 Å². The highest BCUT2D eigenvalue weighted by molar-refractivity contribution is 7.98. The number of amides is 1. The zero-order chi connectivity index (χ0) is 19.9. The molecule has 2 unspecified atom stereocenters. The number of carbonyl (C=O) groups is 1. The first-order chi connectivity index (χ1) is 12.8. The van der Waals surface area contributed by atoms with Gasteiger partial charge in [-0.2, -0.15) is 11.8 Å². The van der Waals surface area contributed by atoms with Gasteiger partial charge in [0, 0.05) is 25.3 Å². The molecule has 1 aliphatic heterocycles. The van der Waals surface area contributed by atoms with Crippen LogP contribution in [0.1, 0.15) is 19.8 Å². The zero-order valence-electron chi connectivity index (χ0n) is 15.8. The summed E-state index contributed by atoms with van der Waals surface area (Å²) in [4.78, 5) is 14.7. The fourth-order valence-electron chi connectivity index (χ4n) is 3.03. The molecule has 0 aliphatic carbocycles. The Morgan fingerprint density at radius 1 is 1.37 bits per heavy atom. The van der Waals surface area contributed by atoms with Crippen molar-refractivity contribution in [3.8, 4) is 0 Å². The summed E-state index contributed by atoms with van der Waals surface area (Å²) in [5.41, 5.74) is 0.971. The highest BCUT2D eigenvalue weighted by atomic mass is 32.2. The van der Waals surface area contributed by atoms with E-state index < -0.39 is 16.1 Å². The normalized spacial score (nSPS) is 18.5. The molecule has 0 radical (unpaired) electrons. The van der Waals surface area contributed by atoms with E-state index >= 15 is 0 Å². The predicted octanol–water partition coefficient (Wildman–Crippen LogP) is 1.83. The summed E-state index contributed by atoms with van der Waals surface area (Å²) in [5.74, 6) is 0.397. The molecular formula is C18H28FN3O3S2. The van der Waals surface area contributed by atoms with Crippen molar-refractivity contribution < 1.29 is 17.6 Å². The largest absolute Gasteiger partial charge is 0.371 e. The van der Waals surface area contributed by atoms with Crippen LogP contribution in [0.2, 0.25) is 0 Å². The lowest BCUT2D eigenvalue weighted by molar-refractivity contribution is -0.122. The second-order valence-electron chi connectivity index (χ2n) is 6.68. The zero-order valence-corrected chi connectivity index (χ0v) is 17.4. The van der Waals surface area contributed by atoms with Gasteiger partial charge in [0.15, 0.2) is 0 Å². The first kappa shape index (κ1) is 22.0. The Morgan fingerprint density at radius 2 is 2.07 bits per heavy atom. The number of benzene rings is 1.